The molecule has 1 aliphatic carbocycles. The summed E-state index contributed by atoms with van der Waals surface area (Å²) in [7, 11) is 1.76. The van der Waals surface area contributed by atoms with E-state index in [1.165, 1.54) is 0 Å². The number of fused-ring (bicyclic) bond motifs is 1. The van der Waals surface area contributed by atoms with Gasteiger partial charge in [0.25, 0.3) is 0 Å². The van der Waals surface area contributed by atoms with Gasteiger partial charge in [0.05, 0.1) is 12.7 Å². The van der Waals surface area contributed by atoms with Gasteiger partial charge in [-0.25, -0.2) is 4.98 Å². The first-order chi connectivity index (χ1) is 10.3. The number of hydrogen-bond acceptors (Lipinski definition) is 4. The molecule has 1 fully saturated rings. The Morgan fingerprint density at radius 3 is 2.71 bits per heavy atom. The number of benzene rings is 1. The fraction of sp³-hybridized carbons (Fsp3) is 0.471. The number of nitrogens with zero attached hydrogens (tertiary/aromatic N) is 1. The van der Waals surface area contributed by atoms with Crippen molar-refractivity contribution in [1.82, 2.24) is 4.98 Å². The first-order valence-corrected chi connectivity index (χ1v) is 7.48. The summed E-state index contributed by atoms with van der Waals surface area (Å²) in [6.07, 6.45) is 6.32. The van der Waals surface area contributed by atoms with Crippen molar-refractivity contribution in [2.45, 2.75) is 44.5 Å². The van der Waals surface area contributed by atoms with E-state index in [1.54, 1.807) is 13.3 Å². The molecule has 1 N–H and O–H groups in total. The van der Waals surface area contributed by atoms with Gasteiger partial charge in [-0.05, 0) is 30.7 Å². The van der Waals surface area contributed by atoms with E-state index >= 15 is 0 Å². The Morgan fingerprint density at radius 1 is 1.19 bits per heavy atom. The van der Waals surface area contributed by atoms with Gasteiger partial charge >= 0.3 is 0 Å². The van der Waals surface area contributed by atoms with E-state index in [0.717, 1.165) is 42.0 Å². The zero-order chi connectivity index (χ0) is 14.7. The van der Waals surface area contributed by atoms with Crippen LogP contribution in [0.4, 0.5) is 0 Å². The smallest absolute Gasteiger partial charge is 0.221 e. The highest BCUT2D eigenvalue weighted by Gasteiger charge is 2.24. The van der Waals surface area contributed by atoms with E-state index in [0.29, 0.717) is 5.88 Å². The molecule has 1 aromatic heterocycles. The monoisotopic (exact) mass is 287 g/mol. The highest BCUT2D eigenvalue weighted by Crippen LogP contribution is 2.30. The maximum atomic E-state index is 9.42. The molecule has 0 spiro atoms. The van der Waals surface area contributed by atoms with Gasteiger partial charge in [0.2, 0.25) is 5.88 Å². The van der Waals surface area contributed by atoms with Crippen LogP contribution in [0.25, 0.3) is 10.8 Å². The van der Waals surface area contributed by atoms with Gasteiger partial charge in [-0.15, -0.1) is 0 Å². The molecule has 2 aromatic rings. The average Bonchev–Trinajstić information content (AvgIpc) is 2.55. The molecule has 0 radical (unpaired) electrons. The average molecular weight is 287 g/mol. The molecule has 1 aliphatic rings. The van der Waals surface area contributed by atoms with Crippen molar-refractivity contribution < 1.29 is 14.6 Å². The summed E-state index contributed by atoms with van der Waals surface area (Å²) in [5.41, 5.74) is 0.830. The molecule has 0 saturated heterocycles. The van der Waals surface area contributed by atoms with Gasteiger partial charge in [0.1, 0.15) is 6.10 Å². The molecule has 0 bridgehead atoms. The zero-order valence-electron chi connectivity index (χ0n) is 12.3. The van der Waals surface area contributed by atoms with Gasteiger partial charge in [0, 0.05) is 30.7 Å². The number of pyridine rings is 1. The normalized spacial score (nSPS) is 22.4. The summed E-state index contributed by atoms with van der Waals surface area (Å²) in [5.74, 6) is 0.657. The Bertz CT molecular complexity index is 614. The number of hydrogen-bond donors (Lipinski definition) is 1. The quantitative estimate of drug-likeness (QED) is 0.939. The van der Waals surface area contributed by atoms with Crippen LogP contribution in [-0.2, 0) is 11.3 Å². The minimum absolute atomic E-state index is 0.0109. The standard InChI is InChI=1S/C17H21NO3/c1-20-13-5-4-6-14(9-13)21-17-16-8-3-2-7-15(16)12(11-19)10-18-17/h2-3,7-8,10,13-14,19H,4-6,9,11H2,1H3. The molecule has 1 aromatic carbocycles. The molecular weight excluding hydrogens is 266 g/mol. The summed E-state index contributed by atoms with van der Waals surface area (Å²) in [4.78, 5) is 4.40. The fourth-order valence-electron chi connectivity index (χ4n) is 3.03. The molecular formula is C17H21NO3. The zero-order valence-corrected chi connectivity index (χ0v) is 12.3. The van der Waals surface area contributed by atoms with Crippen molar-refractivity contribution in [2.24, 2.45) is 0 Å². The largest absolute Gasteiger partial charge is 0.474 e. The summed E-state index contributed by atoms with van der Waals surface area (Å²) in [6.45, 7) is -0.0109. The summed E-state index contributed by atoms with van der Waals surface area (Å²) in [5, 5.41) is 11.4. The van der Waals surface area contributed by atoms with Crippen LogP contribution >= 0.6 is 0 Å². The van der Waals surface area contributed by atoms with Crippen LogP contribution in [0.3, 0.4) is 0 Å². The van der Waals surface area contributed by atoms with Crippen LogP contribution in [0.5, 0.6) is 5.88 Å². The van der Waals surface area contributed by atoms with Gasteiger partial charge in [-0.2, -0.15) is 0 Å². The molecule has 1 saturated carbocycles. The second-order valence-corrected chi connectivity index (χ2v) is 5.56. The molecule has 3 rings (SSSR count). The van der Waals surface area contributed by atoms with Crippen molar-refractivity contribution in [3.05, 3.63) is 36.0 Å². The Kier molecular flexibility index (Phi) is 4.36. The molecule has 0 aliphatic heterocycles. The Balaban J connectivity index is 1.87. The maximum Gasteiger partial charge on any atom is 0.221 e. The minimum atomic E-state index is -0.0109. The lowest BCUT2D eigenvalue weighted by Gasteiger charge is -2.28. The van der Waals surface area contributed by atoms with E-state index in [1.807, 2.05) is 24.3 Å². The van der Waals surface area contributed by atoms with Crippen LogP contribution < -0.4 is 4.74 Å². The summed E-state index contributed by atoms with van der Waals surface area (Å²) < 4.78 is 11.6. The van der Waals surface area contributed by atoms with Crippen LogP contribution in [0.1, 0.15) is 31.2 Å². The number of aliphatic hydroxyl groups is 1. The molecule has 4 heteroatoms. The van der Waals surface area contributed by atoms with Crippen molar-refractivity contribution in [1.29, 1.82) is 0 Å². The Hall–Kier alpha value is -1.65. The third kappa shape index (κ3) is 3.01. The molecule has 0 amide bonds. The van der Waals surface area contributed by atoms with Crippen molar-refractivity contribution >= 4 is 10.8 Å². The fourth-order valence-corrected chi connectivity index (χ4v) is 3.03. The lowest BCUT2D eigenvalue weighted by Crippen LogP contribution is -2.29. The van der Waals surface area contributed by atoms with E-state index in [9.17, 15) is 5.11 Å². The number of rotatable bonds is 4. The Labute approximate surface area is 124 Å². The van der Waals surface area contributed by atoms with Crippen LogP contribution in [0.2, 0.25) is 0 Å². The number of aliphatic hydroxyl groups excluding tert-OH is 1. The molecule has 112 valence electrons. The van der Waals surface area contributed by atoms with Gasteiger partial charge in [-0.3, -0.25) is 0 Å². The number of aromatic nitrogens is 1. The molecule has 2 unspecified atom stereocenters. The molecule has 2 atom stereocenters. The van der Waals surface area contributed by atoms with Crippen molar-refractivity contribution in [2.75, 3.05) is 7.11 Å². The first kappa shape index (κ1) is 14.3. The predicted molar refractivity (Wildman–Crippen MR) is 81.3 cm³/mol. The van der Waals surface area contributed by atoms with Gasteiger partial charge in [0.15, 0.2) is 0 Å². The molecule has 21 heavy (non-hydrogen) atoms. The van der Waals surface area contributed by atoms with Crippen molar-refractivity contribution in [3.8, 4) is 5.88 Å². The second-order valence-electron chi connectivity index (χ2n) is 5.56. The van der Waals surface area contributed by atoms with Crippen LogP contribution in [0, 0.1) is 0 Å². The number of ether oxygens (including phenoxy) is 2. The SMILES string of the molecule is COC1CCCC(Oc2ncc(CO)c3ccccc23)C1. The third-order valence-corrected chi connectivity index (χ3v) is 4.20. The van der Waals surface area contributed by atoms with Crippen molar-refractivity contribution in [3.63, 3.8) is 0 Å². The Morgan fingerprint density at radius 2 is 1.95 bits per heavy atom. The molecule has 1 heterocycles. The third-order valence-electron chi connectivity index (χ3n) is 4.20. The van der Waals surface area contributed by atoms with E-state index in [-0.39, 0.29) is 18.8 Å². The predicted octanol–water partition coefficient (Wildman–Crippen LogP) is 3.06. The van der Waals surface area contributed by atoms with Crippen LogP contribution in [0.15, 0.2) is 30.5 Å². The van der Waals surface area contributed by atoms with Crippen LogP contribution in [-0.4, -0.2) is 29.4 Å². The minimum Gasteiger partial charge on any atom is -0.474 e. The van der Waals surface area contributed by atoms with E-state index < -0.39 is 0 Å². The highest BCUT2D eigenvalue weighted by atomic mass is 16.5. The lowest BCUT2D eigenvalue weighted by molar-refractivity contribution is 0.0200. The van der Waals surface area contributed by atoms with E-state index in [2.05, 4.69) is 4.98 Å². The number of methoxy groups -OCH3 is 1. The maximum absolute atomic E-state index is 9.42. The lowest BCUT2D eigenvalue weighted by atomic mass is 9.95. The molecule has 4 nitrogen and oxygen atoms in total. The first-order valence-electron chi connectivity index (χ1n) is 7.48. The van der Waals surface area contributed by atoms with Gasteiger partial charge in [-0.1, -0.05) is 18.2 Å². The van der Waals surface area contributed by atoms with E-state index in [4.69, 9.17) is 9.47 Å². The summed E-state index contributed by atoms with van der Waals surface area (Å²) in [6, 6.07) is 7.92. The topological polar surface area (TPSA) is 51.6 Å². The van der Waals surface area contributed by atoms with Gasteiger partial charge < -0.3 is 14.6 Å². The highest BCUT2D eigenvalue weighted by molar-refractivity contribution is 5.89. The second kappa shape index (κ2) is 6.41. The summed E-state index contributed by atoms with van der Waals surface area (Å²) >= 11 is 0.